The van der Waals surface area contributed by atoms with Crippen LogP contribution in [-0.4, -0.2) is 21.2 Å². The first kappa shape index (κ1) is 13.1. The zero-order valence-electron chi connectivity index (χ0n) is 10.9. The van der Waals surface area contributed by atoms with Crippen molar-refractivity contribution in [3.8, 4) is 5.88 Å². The highest BCUT2D eigenvalue weighted by Crippen LogP contribution is 2.30. The number of hydrogen-bond acceptors (Lipinski definition) is 3. The summed E-state index contributed by atoms with van der Waals surface area (Å²) < 4.78 is 7.51. The molecule has 0 bridgehead atoms. The van der Waals surface area contributed by atoms with E-state index in [0.29, 0.717) is 18.1 Å². The Morgan fingerprint density at radius 1 is 1.50 bits per heavy atom. The molecule has 0 saturated carbocycles. The highest BCUT2D eigenvalue weighted by Gasteiger charge is 2.23. The molecule has 0 unspecified atom stereocenters. The number of aromatic nitrogens is 3. The van der Waals surface area contributed by atoms with Gasteiger partial charge in [0.2, 0.25) is 5.88 Å². The molecule has 2 aromatic heterocycles. The molecule has 0 saturated heterocycles. The Morgan fingerprint density at radius 3 is 2.72 bits per heavy atom. The van der Waals surface area contributed by atoms with E-state index >= 15 is 0 Å². The maximum absolute atomic E-state index is 12.0. The van der Waals surface area contributed by atoms with E-state index in [4.69, 9.17) is 4.74 Å². The molecule has 0 fully saturated rings. The number of fused-ring (bicyclic) bond motifs is 1. The lowest BCUT2D eigenvalue weighted by atomic mass is 9.92. The normalized spacial score (nSPS) is 12.1. The molecule has 1 N–H and O–H groups in total. The number of rotatable bonds is 2. The van der Waals surface area contributed by atoms with E-state index in [2.05, 4.69) is 46.8 Å². The zero-order valence-corrected chi connectivity index (χ0v) is 12.5. The van der Waals surface area contributed by atoms with Crippen LogP contribution in [0.4, 0.5) is 0 Å². The first-order valence-corrected chi connectivity index (χ1v) is 6.58. The van der Waals surface area contributed by atoms with Gasteiger partial charge in [0.15, 0.2) is 5.65 Å². The lowest BCUT2D eigenvalue weighted by Gasteiger charge is -2.16. The second-order valence-corrected chi connectivity index (χ2v) is 5.87. The van der Waals surface area contributed by atoms with Crippen molar-refractivity contribution in [1.29, 1.82) is 0 Å². The minimum atomic E-state index is -0.181. The molecule has 0 aliphatic carbocycles. The van der Waals surface area contributed by atoms with E-state index in [1.165, 1.54) is 10.6 Å². The Bertz CT molecular complexity index is 637. The van der Waals surface area contributed by atoms with Crippen molar-refractivity contribution in [3.63, 3.8) is 0 Å². The number of H-pyrrole nitrogens is 1. The minimum absolute atomic E-state index is 0.106. The summed E-state index contributed by atoms with van der Waals surface area (Å²) in [5.41, 5.74) is 1.20. The molecule has 0 aliphatic rings. The molecule has 0 spiro atoms. The quantitative estimate of drug-likeness (QED) is 0.926. The van der Waals surface area contributed by atoms with Gasteiger partial charge in [-0.05, 0) is 22.9 Å². The third-order valence-corrected chi connectivity index (χ3v) is 3.33. The standard InChI is InChI=1S/C12H16BrN3O2/c1-5-18-7-6-8(17)16-11(14-7)9(13)10(15-16)12(2,3)4/h6,15H,5H2,1-4H3. The lowest BCUT2D eigenvalue weighted by Crippen LogP contribution is -2.17. The topological polar surface area (TPSA) is 59.4 Å². The summed E-state index contributed by atoms with van der Waals surface area (Å²) >= 11 is 3.50. The number of nitrogens with one attached hydrogen (secondary N) is 1. The lowest BCUT2D eigenvalue weighted by molar-refractivity contribution is 0.326. The van der Waals surface area contributed by atoms with Gasteiger partial charge in [0.1, 0.15) is 0 Å². The van der Waals surface area contributed by atoms with E-state index in [9.17, 15) is 4.79 Å². The van der Waals surface area contributed by atoms with Gasteiger partial charge in [-0.2, -0.15) is 9.50 Å². The smallest absolute Gasteiger partial charge is 0.276 e. The van der Waals surface area contributed by atoms with E-state index in [0.717, 1.165) is 10.2 Å². The molecule has 2 rings (SSSR count). The fourth-order valence-corrected chi connectivity index (χ4v) is 2.66. The molecule has 18 heavy (non-hydrogen) atoms. The summed E-state index contributed by atoms with van der Waals surface area (Å²) in [5.74, 6) is 0.350. The molecule has 0 aliphatic heterocycles. The second kappa shape index (κ2) is 4.42. The first-order chi connectivity index (χ1) is 8.34. The van der Waals surface area contributed by atoms with Crippen LogP contribution in [0.15, 0.2) is 15.3 Å². The fraction of sp³-hybridized carbons (Fsp3) is 0.500. The molecule has 2 aromatic rings. The van der Waals surface area contributed by atoms with Crippen molar-refractivity contribution in [1.82, 2.24) is 14.6 Å². The van der Waals surface area contributed by atoms with Gasteiger partial charge in [0.25, 0.3) is 5.56 Å². The Balaban J connectivity index is 2.73. The number of hydrogen-bond donors (Lipinski definition) is 1. The summed E-state index contributed by atoms with van der Waals surface area (Å²) in [6.07, 6.45) is 0. The van der Waals surface area contributed by atoms with Gasteiger partial charge in [-0.25, -0.2) is 0 Å². The monoisotopic (exact) mass is 313 g/mol. The number of ether oxygens (including phenoxy) is 1. The Kier molecular flexibility index (Phi) is 3.23. The minimum Gasteiger partial charge on any atom is -0.478 e. The third kappa shape index (κ3) is 2.16. The molecule has 0 amide bonds. The molecule has 98 valence electrons. The summed E-state index contributed by atoms with van der Waals surface area (Å²) in [4.78, 5) is 16.3. The average molecular weight is 314 g/mol. The van der Waals surface area contributed by atoms with Crippen LogP contribution < -0.4 is 10.3 Å². The first-order valence-electron chi connectivity index (χ1n) is 5.79. The molecule has 0 atom stereocenters. The summed E-state index contributed by atoms with van der Waals surface area (Å²) in [5, 5.41) is 3.08. The van der Waals surface area contributed by atoms with E-state index in [-0.39, 0.29) is 11.0 Å². The second-order valence-electron chi connectivity index (χ2n) is 5.08. The van der Waals surface area contributed by atoms with Gasteiger partial charge in [-0.3, -0.25) is 9.89 Å². The fourth-order valence-electron chi connectivity index (χ4n) is 1.71. The van der Waals surface area contributed by atoms with Crippen molar-refractivity contribution in [2.45, 2.75) is 33.1 Å². The van der Waals surface area contributed by atoms with Gasteiger partial charge in [-0.1, -0.05) is 20.8 Å². The van der Waals surface area contributed by atoms with E-state index < -0.39 is 0 Å². The molecule has 0 radical (unpaired) electrons. The van der Waals surface area contributed by atoms with Crippen LogP contribution in [0.25, 0.3) is 5.65 Å². The summed E-state index contributed by atoms with van der Waals surface area (Å²) in [7, 11) is 0. The predicted octanol–water partition coefficient (Wildman–Crippen LogP) is 2.48. The van der Waals surface area contributed by atoms with Crippen molar-refractivity contribution >= 4 is 21.6 Å². The molecule has 0 aromatic carbocycles. The van der Waals surface area contributed by atoms with Crippen LogP contribution in [0.1, 0.15) is 33.4 Å². The third-order valence-electron chi connectivity index (χ3n) is 2.58. The number of aromatic amines is 1. The SMILES string of the molecule is CCOc1cc(=O)n2[nH]c(C(C)(C)C)c(Br)c2n1. The van der Waals surface area contributed by atoms with E-state index in [1.807, 2.05) is 6.92 Å². The van der Waals surface area contributed by atoms with Crippen molar-refractivity contribution in [2.75, 3.05) is 6.61 Å². The summed E-state index contributed by atoms with van der Waals surface area (Å²) in [6, 6.07) is 1.38. The largest absolute Gasteiger partial charge is 0.478 e. The van der Waals surface area contributed by atoms with Crippen LogP contribution >= 0.6 is 15.9 Å². The zero-order chi connectivity index (χ0) is 13.5. The average Bonchev–Trinajstić information content (AvgIpc) is 2.57. The van der Waals surface area contributed by atoms with Crippen LogP contribution in [0.3, 0.4) is 0 Å². The Labute approximate surface area is 113 Å². The van der Waals surface area contributed by atoms with Gasteiger partial charge in [-0.15, -0.1) is 0 Å². The van der Waals surface area contributed by atoms with Crippen LogP contribution in [-0.2, 0) is 5.41 Å². The van der Waals surface area contributed by atoms with E-state index in [1.54, 1.807) is 0 Å². The highest BCUT2D eigenvalue weighted by molar-refractivity contribution is 9.10. The van der Waals surface area contributed by atoms with Gasteiger partial charge in [0, 0.05) is 5.41 Å². The molecule has 6 heteroatoms. The molecular formula is C12H16BrN3O2. The van der Waals surface area contributed by atoms with Crippen LogP contribution in [0.2, 0.25) is 0 Å². The Hall–Kier alpha value is -1.30. The van der Waals surface area contributed by atoms with Crippen molar-refractivity contribution in [3.05, 3.63) is 26.6 Å². The van der Waals surface area contributed by atoms with Crippen molar-refractivity contribution in [2.24, 2.45) is 0 Å². The van der Waals surface area contributed by atoms with Crippen molar-refractivity contribution < 1.29 is 4.74 Å². The number of nitrogens with zero attached hydrogens (tertiary/aromatic N) is 2. The van der Waals surface area contributed by atoms with Crippen LogP contribution in [0.5, 0.6) is 5.88 Å². The highest BCUT2D eigenvalue weighted by atomic mass is 79.9. The molecule has 5 nitrogen and oxygen atoms in total. The maximum atomic E-state index is 12.0. The Morgan fingerprint density at radius 2 is 2.17 bits per heavy atom. The van der Waals surface area contributed by atoms with Gasteiger partial charge in [0.05, 0.1) is 22.8 Å². The molecular weight excluding hydrogens is 298 g/mol. The number of halogens is 1. The van der Waals surface area contributed by atoms with Crippen LogP contribution in [0, 0.1) is 0 Å². The van der Waals surface area contributed by atoms with Gasteiger partial charge < -0.3 is 4.74 Å². The predicted molar refractivity (Wildman–Crippen MR) is 73.4 cm³/mol. The summed E-state index contributed by atoms with van der Waals surface area (Å²) in [6.45, 7) is 8.54. The maximum Gasteiger partial charge on any atom is 0.276 e. The molecule has 2 heterocycles. The van der Waals surface area contributed by atoms with Gasteiger partial charge >= 0.3 is 0 Å².